The lowest BCUT2D eigenvalue weighted by molar-refractivity contribution is -0.384. The second kappa shape index (κ2) is 12.3. The van der Waals surface area contributed by atoms with Crippen LogP contribution in [0.4, 0.5) is 11.4 Å². The first-order valence-electron chi connectivity index (χ1n) is 11.2. The van der Waals surface area contributed by atoms with E-state index in [0.717, 1.165) is 26.7 Å². The van der Waals surface area contributed by atoms with Crippen LogP contribution in [0.15, 0.2) is 46.9 Å². The molecule has 36 heavy (non-hydrogen) atoms. The molecule has 12 heteroatoms. The number of amides is 2. The van der Waals surface area contributed by atoms with Crippen LogP contribution in [-0.2, 0) is 26.2 Å². The fourth-order valence-electron chi connectivity index (χ4n) is 3.44. The van der Waals surface area contributed by atoms with Crippen molar-refractivity contribution in [2.24, 2.45) is 5.92 Å². The van der Waals surface area contributed by atoms with Crippen LogP contribution in [0.3, 0.4) is 0 Å². The number of rotatable bonds is 11. The van der Waals surface area contributed by atoms with Crippen molar-refractivity contribution in [1.29, 1.82) is 0 Å². The van der Waals surface area contributed by atoms with E-state index in [1.54, 1.807) is 32.0 Å². The molecule has 0 aliphatic rings. The van der Waals surface area contributed by atoms with E-state index < -0.39 is 33.4 Å². The second-order valence-corrected chi connectivity index (χ2v) is 11.8. The smallest absolute Gasteiger partial charge is 0.271 e. The topological polar surface area (TPSA) is 130 Å². The molecule has 1 N–H and O–H groups in total. The summed E-state index contributed by atoms with van der Waals surface area (Å²) in [6, 6.07) is 10.1. The van der Waals surface area contributed by atoms with Crippen molar-refractivity contribution in [3.05, 3.63) is 68.2 Å². The molecule has 2 aromatic carbocycles. The lowest BCUT2D eigenvalue weighted by Crippen LogP contribution is -2.51. The van der Waals surface area contributed by atoms with Gasteiger partial charge in [-0.1, -0.05) is 48.0 Å². The highest BCUT2D eigenvalue weighted by molar-refractivity contribution is 9.10. The molecular weight excluding hydrogens is 552 g/mol. The fourth-order valence-corrected chi connectivity index (χ4v) is 4.79. The van der Waals surface area contributed by atoms with Gasteiger partial charge in [0.25, 0.3) is 5.69 Å². The minimum Gasteiger partial charge on any atom is -0.354 e. The van der Waals surface area contributed by atoms with Gasteiger partial charge in [-0.2, -0.15) is 0 Å². The summed E-state index contributed by atoms with van der Waals surface area (Å²) in [4.78, 5) is 38.4. The third kappa shape index (κ3) is 8.02. The Labute approximate surface area is 220 Å². The molecule has 0 aliphatic carbocycles. The van der Waals surface area contributed by atoms with Gasteiger partial charge in [-0.25, -0.2) is 8.42 Å². The molecule has 2 amide bonds. The molecule has 0 saturated heterocycles. The normalized spacial score (nSPS) is 12.2. The first-order valence-corrected chi connectivity index (χ1v) is 13.9. The zero-order chi connectivity index (χ0) is 27.2. The maximum Gasteiger partial charge on any atom is 0.271 e. The Kier molecular flexibility index (Phi) is 10.00. The van der Waals surface area contributed by atoms with E-state index in [4.69, 9.17) is 0 Å². The van der Waals surface area contributed by atoms with Crippen molar-refractivity contribution in [3.63, 3.8) is 0 Å². The van der Waals surface area contributed by atoms with Crippen molar-refractivity contribution in [2.45, 2.75) is 40.3 Å². The van der Waals surface area contributed by atoms with E-state index >= 15 is 0 Å². The van der Waals surface area contributed by atoms with Crippen molar-refractivity contribution in [2.75, 3.05) is 23.7 Å². The van der Waals surface area contributed by atoms with E-state index in [1.165, 1.54) is 17.0 Å². The van der Waals surface area contributed by atoms with Crippen LogP contribution in [-0.4, -0.2) is 55.4 Å². The zero-order valence-electron chi connectivity index (χ0n) is 20.9. The number of nitrogens with one attached hydrogen (secondary N) is 1. The van der Waals surface area contributed by atoms with Crippen molar-refractivity contribution in [1.82, 2.24) is 10.2 Å². The van der Waals surface area contributed by atoms with Crippen LogP contribution in [0.5, 0.6) is 0 Å². The Hall–Kier alpha value is -2.99. The predicted octanol–water partition coefficient (Wildman–Crippen LogP) is 3.62. The van der Waals surface area contributed by atoms with Gasteiger partial charge in [0.15, 0.2) is 0 Å². The number of nitro benzene ring substituents is 1. The average Bonchev–Trinajstić information content (AvgIpc) is 2.78. The number of nitro groups is 1. The molecule has 196 valence electrons. The molecule has 0 unspecified atom stereocenters. The largest absolute Gasteiger partial charge is 0.354 e. The molecule has 0 radical (unpaired) electrons. The number of nitrogens with zero attached hydrogens (tertiary/aromatic N) is 3. The minimum atomic E-state index is -4.00. The number of hydrogen-bond donors (Lipinski definition) is 1. The SMILES string of the molecule is Cc1ccc([N+](=O)[O-])cc1N(CC(=O)N(Cc1cccc(Br)c1)[C@H](C)C(=O)NCC(C)C)S(C)(=O)=O. The zero-order valence-corrected chi connectivity index (χ0v) is 23.3. The number of sulfonamides is 1. The highest BCUT2D eigenvalue weighted by Crippen LogP contribution is 2.28. The maximum atomic E-state index is 13.6. The summed E-state index contributed by atoms with van der Waals surface area (Å²) in [7, 11) is -4.00. The van der Waals surface area contributed by atoms with Gasteiger partial charge in [0.2, 0.25) is 21.8 Å². The standard InChI is InChI=1S/C24H31BrN4O6S/c1-16(2)13-26-24(31)18(4)27(14-19-7-6-8-20(25)11-19)23(30)15-28(36(5,34)35)22-12-21(29(32)33)10-9-17(22)3/h6-12,16,18H,13-15H2,1-5H3,(H,26,31)/t18-/m1/s1. The highest BCUT2D eigenvalue weighted by atomic mass is 79.9. The van der Waals surface area contributed by atoms with Crippen LogP contribution >= 0.6 is 15.9 Å². The molecular formula is C24H31BrN4O6S. The van der Waals surface area contributed by atoms with Crippen LogP contribution in [0.1, 0.15) is 31.9 Å². The van der Waals surface area contributed by atoms with E-state index in [9.17, 15) is 28.1 Å². The lowest BCUT2D eigenvalue weighted by atomic mass is 10.1. The summed E-state index contributed by atoms with van der Waals surface area (Å²) in [5, 5.41) is 14.1. The van der Waals surface area contributed by atoms with Gasteiger partial charge < -0.3 is 10.2 Å². The van der Waals surface area contributed by atoms with Gasteiger partial charge in [-0.3, -0.25) is 24.0 Å². The first-order chi connectivity index (χ1) is 16.7. The summed E-state index contributed by atoms with van der Waals surface area (Å²) in [5.74, 6) is -0.795. The van der Waals surface area contributed by atoms with Crippen molar-refractivity contribution < 1.29 is 22.9 Å². The number of benzene rings is 2. The number of hydrogen-bond acceptors (Lipinski definition) is 6. The summed E-state index contributed by atoms with van der Waals surface area (Å²) < 4.78 is 27.0. The monoisotopic (exact) mass is 582 g/mol. The van der Waals surface area contributed by atoms with Crippen molar-refractivity contribution in [3.8, 4) is 0 Å². The quantitative estimate of drug-likeness (QED) is 0.318. The highest BCUT2D eigenvalue weighted by Gasteiger charge is 2.31. The van der Waals surface area contributed by atoms with E-state index in [0.29, 0.717) is 12.1 Å². The van der Waals surface area contributed by atoms with E-state index in [-0.39, 0.29) is 29.7 Å². The molecule has 2 aromatic rings. The Morgan fingerprint density at radius 1 is 1.14 bits per heavy atom. The van der Waals surface area contributed by atoms with Gasteiger partial charge in [-0.15, -0.1) is 0 Å². The third-order valence-corrected chi connectivity index (χ3v) is 7.06. The van der Waals surface area contributed by atoms with Crippen LogP contribution < -0.4 is 9.62 Å². The van der Waals surface area contributed by atoms with Gasteiger partial charge in [0.05, 0.1) is 16.9 Å². The van der Waals surface area contributed by atoms with Gasteiger partial charge >= 0.3 is 0 Å². The Balaban J connectivity index is 2.46. The number of non-ortho nitro benzene ring substituents is 1. The number of halogens is 1. The molecule has 0 fully saturated rings. The third-order valence-electron chi connectivity index (χ3n) is 5.45. The lowest BCUT2D eigenvalue weighted by Gasteiger charge is -2.32. The second-order valence-electron chi connectivity index (χ2n) is 8.96. The molecule has 0 heterocycles. The number of carbonyl (C=O) groups is 2. The van der Waals surface area contributed by atoms with Crippen LogP contribution in [0, 0.1) is 23.0 Å². The predicted molar refractivity (Wildman–Crippen MR) is 142 cm³/mol. The van der Waals surface area contributed by atoms with E-state index in [1.807, 2.05) is 19.9 Å². The fraction of sp³-hybridized carbons (Fsp3) is 0.417. The summed E-state index contributed by atoms with van der Waals surface area (Å²) in [5.41, 5.74) is 0.905. The maximum absolute atomic E-state index is 13.6. The number of aryl methyl sites for hydroxylation is 1. The van der Waals surface area contributed by atoms with Gasteiger partial charge in [0.1, 0.15) is 12.6 Å². The molecule has 0 spiro atoms. The number of carbonyl (C=O) groups excluding carboxylic acids is 2. The Morgan fingerprint density at radius 2 is 1.81 bits per heavy atom. The van der Waals surface area contributed by atoms with Gasteiger partial charge in [0, 0.05) is 29.7 Å². The molecule has 0 aliphatic heterocycles. The molecule has 0 bridgehead atoms. The van der Waals surface area contributed by atoms with Crippen LogP contribution in [0.25, 0.3) is 0 Å². The minimum absolute atomic E-state index is 0.0272. The van der Waals surface area contributed by atoms with E-state index in [2.05, 4.69) is 21.2 Å². The molecule has 2 rings (SSSR count). The van der Waals surface area contributed by atoms with Gasteiger partial charge in [-0.05, 0) is 43.0 Å². The average molecular weight is 584 g/mol. The summed E-state index contributed by atoms with van der Waals surface area (Å²) in [6.07, 6.45) is 0.927. The Morgan fingerprint density at radius 3 is 2.36 bits per heavy atom. The molecule has 1 atom stereocenters. The molecule has 0 aromatic heterocycles. The first kappa shape index (κ1) is 29.2. The van der Waals surface area contributed by atoms with Crippen molar-refractivity contribution >= 4 is 49.1 Å². The summed E-state index contributed by atoms with van der Waals surface area (Å²) >= 11 is 3.39. The van der Waals surface area contributed by atoms with Crippen LogP contribution in [0.2, 0.25) is 0 Å². The Bertz CT molecular complexity index is 1230. The molecule has 0 saturated carbocycles. The summed E-state index contributed by atoms with van der Waals surface area (Å²) in [6.45, 7) is 6.92. The molecule has 10 nitrogen and oxygen atoms in total. The number of anilines is 1.